The van der Waals surface area contributed by atoms with Crippen molar-refractivity contribution in [3.8, 4) is 0 Å². The molecular formula is C11H13BrN2O2. The number of aliphatic carboxylic acids is 1. The van der Waals surface area contributed by atoms with Crippen LogP contribution in [0.25, 0.3) is 0 Å². The Kier molecular flexibility index (Phi) is 3.25. The molecule has 1 aliphatic carbocycles. The van der Waals surface area contributed by atoms with Crippen molar-refractivity contribution in [1.29, 1.82) is 0 Å². The average molecular weight is 285 g/mol. The van der Waals surface area contributed by atoms with Crippen LogP contribution < -0.4 is 5.32 Å². The maximum absolute atomic E-state index is 11.1. The molecule has 0 saturated heterocycles. The van der Waals surface area contributed by atoms with Crippen molar-refractivity contribution in [1.82, 2.24) is 10.3 Å². The quantitative estimate of drug-likeness (QED) is 0.887. The standard InChI is InChI=1S/C11H13BrN2O2/c12-8-2-3-9(13-6-8)7-14-11(10(15)16)4-1-5-11/h2-3,6,14H,1,4-5,7H2,(H,15,16). The van der Waals surface area contributed by atoms with Gasteiger partial charge in [-0.1, -0.05) is 0 Å². The van der Waals surface area contributed by atoms with Crippen LogP contribution in [0.4, 0.5) is 0 Å². The molecule has 0 aromatic carbocycles. The maximum Gasteiger partial charge on any atom is 0.323 e. The van der Waals surface area contributed by atoms with Crippen molar-refractivity contribution in [3.63, 3.8) is 0 Å². The van der Waals surface area contributed by atoms with Crippen LogP contribution in [-0.2, 0) is 11.3 Å². The Morgan fingerprint density at radius 1 is 1.56 bits per heavy atom. The summed E-state index contributed by atoms with van der Waals surface area (Å²) in [5.74, 6) is -0.754. The second kappa shape index (κ2) is 4.51. The minimum Gasteiger partial charge on any atom is -0.480 e. The van der Waals surface area contributed by atoms with Crippen LogP contribution in [0, 0.1) is 0 Å². The van der Waals surface area contributed by atoms with Crippen molar-refractivity contribution in [3.05, 3.63) is 28.5 Å². The fraction of sp³-hybridized carbons (Fsp3) is 0.455. The van der Waals surface area contributed by atoms with Gasteiger partial charge in [-0.25, -0.2) is 0 Å². The number of hydrogen-bond acceptors (Lipinski definition) is 3. The van der Waals surface area contributed by atoms with Crippen LogP contribution in [0.15, 0.2) is 22.8 Å². The van der Waals surface area contributed by atoms with Gasteiger partial charge in [-0.05, 0) is 47.3 Å². The van der Waals surface area contributed by atoms with E-state index in [1.54, 1.807) is 6.20 Å². The van der Waals surface area contributed by atoms with E-state index < -0.39 is 11.5 Å². The molecular weight excluding hydrogens is 272 g/mol. The Bertz CT molecular complexity index is 387. The monoisotopic (exact) mass is 284 g/mol. The lowest BCUT2D eigenvalue weighted by Crippen LogP contribution is -2.56. The van der Waals surface area contributed by atoms with E-state index in [4.69, 9.17) is 5.11 Å². The molecule has 1 heterocycles. The topological polar surface area (TPSA) is 62.2 Å². The Hall–Kier alpha value is -0.940. The first kappa shape index (κ1) is 11.5. The van der Waals surface area contributed by atoms with E-state index in [1.807, 2.05) is 12.1 Å². The van der Waals surface area contributed by atoms with E-state index in [-0.39, 0.29) is 0 Å². The lowest BCUT2D eigenvalue weighted by molar-refractivity contribution is -0.148. The van der Waals surface area contributed by atoms with Gasteiger partial charge in [0.1, 0.15) is 5.54 Å². The fourth-order valence-electron chi connectivity index (χ4n) is 1.77. The average Bonchev–Trinajstić information content (AvgIpc) is 2.18. The lowest BCUT2D eigenvalue weighted by Gasteiger charge is -2.38. The summed E-state index contributed by atoms with van der Waals surface area (Å²) in [6.07, 6.45) is 4.11. The van der Waals surface area contributed by atoms with Gasteiger partial charge in [0, 0.05) is 17.2 Å². The summed E-state index contributed by atoms with van der Waals surface area (Å²) < 4.78 is 0.924. The van der Waals surface area contributed by atoms with Crippen LogP contribution >= 0.6 is 15.9 Å². The minimum absolute atomic E-state index is 0.500. The van der Waals surface area contributed by atoms with Gasteiger partial charge < -0.3 is 5.11 Å². The van der Waals surface area contributed by atoms with Crippen molar-refractivity contribution in [2.45, 2.75) is 31.3 Å². The molecule has 1 saturated carbocycles. The van der Waals surface area contributed by atoms with E-state index in [2.05, 4.69) is 26.2 Å². The molecule has 16 heavy (non-hydrogen) atoms. The van der Waals surface area contributed by atoms with Gasteiger partial charge in [0.2, 0.25) is 0 Å². The molecule has 1 aliphatic rings. The summed E-state index contributed by atoms with van der Waals surface area (Å²) in [6.45, 7) is 0.500. The summed E-state index contributed by atoms with van der Waals surface area (Å²) in [7, 11) is 0. The zero-order chi connectivity index (χ0) is 11.6. The summed E-state index contributed by atoms with van der Waals surface area (Å²) in [4.78, 5) is 15.3. The van der Waals surface area contributed by atoms with Crippen molar-refractivity contribution in [2.75, 3.05) is 0 Å². The predicted octanol–water partition coefficient (Wildman–Crippen LogP) is 1.94. The molecule has 4 nitrogen and oxygen atoms in total. The van der Waals surface area contributed by atoms with Gasteiger partial charge in [-0.2, -0.15) is 0 Å². The van der Waals surface area contributed by atoms with E-state index in [0.29, 0.717) is 19.4 Å². The fourth-order valence-corrected chi connectivity index (χ4v) is 2.00. The molecule has 2 N–H and O–H groups in total. The number of halogens is 1. The largest absolute Gasteiger partial charge is 0.480 e. The summed E-state index contributed by atoms with van der Waals surface area (Å²) in [5, 5.41) is 12.2. The number of nitrogens with zero attached hydrogens (tertiary/aromatic N) is 1. The summed E-state index contributed by atoms with van der Waals surface area (Å²) in [6, 6.07) is 3.78. The molecule has 0 unspecified atom stereocenters. The first-order valence-corrected chi connectivity index (χ1v) is 6.01. The number of aromatic nitrogens is 1. The highest BCUT2D eigenvalue weighted by Crippen LogP contribution is 2.32. The molecule has 86 valence electrons. The molecule has 0 atom stereocenters. The third kappa shape index (κ3) is 2.25. The van der Waals surface area contributed by atoms with Crippen LogP contribution in [0.1, 0.15) is 25.0 Å². The third-order valence-corrected chi connectivity index (χ3v) is 3.48. The Morgan fingerprint density at radius 2 is 2.31 bits per heavy atom. The molecule has 0 aliphatic heterocycles. The lowest BCUT2D eigenvalue weighted by atomic mass is 9.77. The molecule has 0 radical (unpaired) electrons. The SMILES string of the molecule is O=C(O)C1(NCc2ccc(Br)cn2)CCC1. The van der Waals surface area contributed by atoms with Crippen molar-refractivity contribution < 1.29 is 9.90 Å². The second-order valence-electron chi connectivity index (χ2n) is 4.06. The third-order valence-electron chi connectivity index (χ3n) is 3.01. The highest BCUT2D eigenvalue weighted by Gasteiger charge is 2.43. The van der Waals surface area contributed by atoms with Crippen LogP contribution in [-0.4, -0.2) is 21.6 Å². The van der Waals surface area contributed by atoms with Crippen LogP contribution in [0.2, 0.25) is 0 Å². The normalized spacial score (nSPS) is 17.8. The number of pyridine rings is 1. The number of nitrogens with one attached hydrogen (secondary N) is 1. The smallest absolute Gasteiger partial charge is 0.323 e. The minimum atomic E-state index is -0.754. The maximum atomic E-state index is 11.1. The van der Waals surface area contributed by atoms with Crippen molar-refractivity contribution >= 4 is 21.9 Å². The van der Waals surface area contributed by atoms with Gasteiger partial charge >= 0.3 is 5.97 Å². The second-order valence-corrected chi connectivity index (χ2v) is 4.98. The highest BCUT2D eigenvalue weighted by molar-refractivity contribution is 9.10. The Morgan fingerprint density at radius 3 is 2.75 bits per heavy atom. The van der Waals surface area contributed by atoms with Crippen LogP contribution in [0.3, 0.4) is 0 Å². The molecule has 0 bridgehead atoms. The van der Waals surface area contributed by atoms with Crippen LogP contribution in [0.5, 0.6) is 0 Å². The van der Waals surface area contributed by atoms with E-state index in [9.17, 15) is 4.79 Å². The first-order valence-electron chi connectivity index (χ1n) is 5.21. The van der Waals surface area contributed by atoms with E-state index in [0.717, 1.165) is 16.6 Å². The predicted molar refractivity (Wildman–Crippen MR) is 63.0 cm³/mol. The molecule has 1 aromatic heterocycles. The molecule has 1 aromatic rings. The molecule has 2 rings (SSSR count). The summed E-state index contributed by atoms with van der Waals surface area (Å²) >= 11 is 3.31. The number of carboxylic acid groups (broad SMARTS) is 1. The van der Waals surface area contributed by atoms with Gasteiger partial charge in [-0.15, -0.1) is 0 Å². The number of hydrogen-bond donors (Lipinski definition) is 2. The molecule has 0 spiro atoms. The number of rotatable bonds is 4. The summed E-state index contributed by atoms with van der Waals surface area (Å²) in [5.41, 5.74) is 0.144. The first-order chi connectivity index (χ1) is 7.62. The highest BCUT2D eigenvalue weighted by atomic mass is 79.9. The molecule has 1 fully saturated rings. The van der Waals surface area contributed by atoms with E-state index in [1.165, 1.54) is 0 Å². The molecule has 0 amide bonds. The Labute approximate surface area is 102 Å². The van der Waals surface area contributed by atoms with Gasteiger partial charge in [0.05, 0.1) is 5.69 Å². The Balaban J connectivity index is 1.96. The van der Waals surface area contributed by atoms with Crippen molar-refractivity contribution in [2.24, 2.45) is 0 Å². The number of carbonyl (C=O) groups is 1. The number of carboxylic acids is 1. The van der Waals surface area contributed by atoms with Gasteiger partial charge in [0.15, 0.2) is 0 Å². The molecule has 5 heteroatoms. The van der Waals surface area contributed by atoms with Gasteiger partial charge in [-0.3, -0.25) is 15.1 Å². The zero-order valence-electron chi connectivity index (χ0n) is 8.74. The van der Waals surface area contributed by atoms with E-state index >= 15 is 0 Å². The zero-order valence-corrected chi connectivity index (χ0v) is 10.3. The van der Waals surface area contributed by atoms with Gasteiger partial charge in [0.25, 0.3) is 0 Å².